The number of hydrogen-bond donors (Lipinski definition) is 1. The first kappa shape index (κ1) is 13.4. The molecule has 0 saturated carbocycles. The summed E-state index contributed by atoms with van der Waals surface area (Å²) in [6.07, 6.45) is 3.99. The fraction of sp³-hybridized carbons (Fsp3) is 0.368. The van der Waals surface area contributed by atoms with E-state index in [1.54, 1.807) is 0 Å². The molecule has 0 radical (unpaired) electrons. The summed E-state index contributed by atoms with van der Waals surface area (Å²) >= 11 is 0. The van der Waals surface area contributed by atoms with Crippen LogP contribution in [0.4, 0.5) is 0 Å². The zero-order valence-electron chi connectivity index (χ0n) is 12.3. The van der Waals surface area contributed by atoms with Gasteiger partial charge in [0.15, 0.2) is 0 Å². The number of hydrogen-bond acceptors (Lipinski definition) is 1. The van der Waals surface area contributed by atoms with E-state index in [9.17, 15) is 5.11 Å². The fourth-order valence-electron chi connectivity index (χ4n) is 3.28. The molecule has 1 aliphatic carbocycles. The maximum atomic E-state index is 10.5. The summed E-state index contributed by atoms with van der Waals surface area (Å²) in [4.78, 5) is 0. The summed E-state index contributed by atoms with van der Waals surface area (Å²) in [6.45, 7) is 4.16. The Kier molecular flexibility index (Phi) is 3.62. The Morgan fingerprint density at radius 2 is 1.80 bits per heavy atom. The Morgan fingerprint density at radius 1 is 1.00 bits per heavy atom. The van der Waals surface area contributed by atoms with Gasteiger partial charge in [0, 0.05) is 6.42 Å². The van der Waals surface area contributed by atoms with E-state index in [-0.39, 0.29) is 0 Å². The van der Waals surface area contributed by atoms with Crippen molar-refractivity contribution in [1.29, 1.82) is 0 Å². The lowest BCUT2D eigenvalue weighted by molar-refractivity contribution is 0.177. The molecule has 104 valence electrons. The highest BCUT2D eigenvalue weighted by molar-refractivity contribution is 5.37. The quantitative estimate of drug-likeness (QED) is 0.888. The van der Waals surface area contributed by atoms with Crippen molar-refractivity contribution in [3.8, 4) is 0 Å². The number of benzene rings is 2. The van der Waals surface area contributed by atoms with Crippen molar-refractivity contribution in [3.05, 3.63) is 69.8 Å². The molecule has 0 fully saturated rings. The Bertz CT molecular complexity index is 628. The van der Waals surface area contributed by atoms with Crippen LogP contribution in [0.3, 0.4) is 0 Å². The van der Waals surface area contributed by atoms with E-state index >= 15 is 0 Å². The fourth-order valence-corrected chi connectivity index (χ4v) is 3.28. The lowest BCUT2D eigenvalue weighted by Crippen LogP contribution is -2.04. The molecule has 0 spiro atoms. The molecule has 1 aliphatic rings. The average Bonchev–Trinajstić information content (AvgIpc) is 2.85. The summed E-state index contributed by atoms with van der Waals surface area (Å²) < 4.78 is 0. The van der Waals surface area contributed by atoms with Gasteiger partial charge in [-0.1, -0.05) is 42.0 Å². The molecule has 1 heteroatoms. The van der Waals surface area contributed by atoms with Crippen molar-refractivity contribution in [2.45, 2.75) is 45.6 Å². The zero-order chi connectivity index (χ0) is 14.1. The molecule has 0 amide bonds. The molecule has 2 aromatic carbocycles. The van der Waals surface area contributed by atoms with Gasteiger partial charge in [0.05, 0.1) is 6.10 Å². The highest BCUT2D eigenvalue weighted by Gasteiger charge is 2.14. The smallest absolute Gasteiger partial charge is 0.0832 e. The van der Waals surface area contributed by atoms with Crippen LogP contribution in [0.2, 0.25) is 0 Å². The molecule has 0 saturated heterocycles. The lowest BCUT2D eigenvalue weighted by atomic mass is 9.95. The van der Waals surface area contributed by atoms with Gasteiger partial charge in [-0.2, -0.15) is 0 Å². The van der Waals surface area contributed by atoms with Gasteiger partial charge < -0.3 is 5.11 Å². The second-order valence-electron chi connectivity index (χ2n) is 6.04. The van der Waals surface area contributed by atoms with Crippen LogP contribution in [0.1, 0.15) is 45.9 Å². The van der Waals surface area contributed by atoms with Gasteiger partial charge in [0.25, 0.3) is 0 Å². The molecule has 3 rings (SSSR count). The second kappa shape index (κ2) is 5.41. The van der Waals surface area contributed by atoms with Crippen LogP contribution in [-0.4, -0.2) is 5.11 Å². The number of aliphatic hydroxyl groups is 1. The molecule has 0 aromatic heterocycles. The highest BCUT2D eigenvalue weighted by atomic mass is 16.3. The van der Waals surface area contributed by atoms with Gasteiger partial charge in [0.1, 0.15) is 0 Å². The molecule has 0 heterocycles. The van der Waals surface area contributed by atoms with Crippen LogP contribution in [-0.2, 0) is 19.3 Å². The van der Waals surface area contributed by atoms with Gasteiger partial charge in [-0.05, 0) is 60.9 Å². The maximum Gasteiger partial charge on any atom is 0.0832 e. The van der Waals surface area contributed by atoms with Crippen molar-refractivity contribution >= 4 is 0 Å². The van der Waals surface area contributed by atoms with Crippen LogP contribution in [0, 0.1) is 13.8 Å². The van der Waals surface area contributed by atoms with Gasteiger partial charge in [-0.3, -0.25) is 0 Å². The second-order valence-corrected chi connectivity index (χ2v) is 6.04. The summed E-state index contributed by atoms with van der Waals surface area (Å²) in [5.74, 6) is 0. The summed E-state index contributed by atoms with van der Waals surface area (Å²) in [7, 11) is 0. The van der Waals surface area contributed by atoms with Gasteiger partial charge in [-0.15, -0.1) is 0 Å². The number of rotatable bonds is 3. The van der Waals surface area contributed by atoms with E-state index in [0.717, 1.165) is 5.56 Å². The van der Waals surface area contributed by atoms with Crippen LogP contribution in [0.15, 0.2) is 36.4 Å². The third kappa shape index (κ3) is 2.64. The van der Waals surface area contributed by atoms with Crippen molar-refractivity contribution < 1.29 is 5.11 Å². The van der Waals surface area contributed by atoms with E-state index in [0.29, 0.717) is 6.42 Å². The normalized spacial score (nSPS) is 15.2. The Morgan fingerprint density at radius 3 is 2.60 bits per heavy atom. The topological polar surface area (TPSA) is 20.2 Å². The molecular formula is C19H22O. The largest absolute Gasteiger partial charge is 0.388 e. The summed E-state index contributed by atoms with van der Waals surface area (Å²) in [6, 6.07) is 13.0. The summed E-state index contributed by atoms with van der Waals surface area (Å²) in [5.41, 5.74) is 7.70. The first-order valence-corrected chi connectivity index (χ1v) is 7.49. The average molecular weight is 266 g/mol. The number of aryl methyl sites for hydroxylation is 4. The van der Waals surface area contributed by atoms with E-state index in [2.05, 4.69) is 50.2 Å². The summed E-state index contributed by atoms with van der Waals surface area (Å²) in [5, 5.41) is 10.5. The van der Waals surface area contributed by atoms with Gasteiger partial charge in [-0.25, -0.2) is 0 Å². The molecule has 1 N–H and O–H groups in total. The molecule has 1 atom stereocenters. The minimum absolute atomic E-state index is 0.407. The Hall–Kier alpha value is -1.60. The highest BCUT2D eigenvalue weighted by Crippen LogP contribution is 2.26. The van der Waals surface area contributed by atoms with E-state index in [1.807, 2.05) is 0 Å². The van der Waals surface area contributed by atoms with Crippen molar-refractivity contribution in [2.75, 3.05) is 0 Å². The Labute approximate surface area is 121 Å². The van der Waals surface area contributed by atoms with Crippen molar-refractivity contribution in [2.24, 2.45) is 0 Å². The predicted octanol–water partition coefficient (Wildman–Crippen LogP) is 4.07. The number of aliphatic hydroxyl groups excluding tert-OH is 1. The molecule has 1 unspecified atom stereocenters. The SMILES string of the molecule is Cc1ccc(C(O)Cc2ccc3c(c2)CCC3)c(C)c1. The molecule has 2 aromatic rings. The standard InChI is InChI=1S/C19H22O/c1-13-6-9-18(14(2)10-13)19(20)12-15-7-8-16-4-3-5-17(16)11-15/h6-11,19-20H,3-5,12H2,1-2H3. The molecule has 1 nitrogen and oxygen atoms in total. The third-order valence-corrected chi connectivity index (χ3v) is 4.38. The first-order chi connectivity index (χ1) is 9.63. The monoisotopic (exact) mass is 266 g/mol. The zero-order valence-corrected chi connectivity index (χ0v) is 12.3. The van der Waals surface area contributed by atoms with E-state index < -0.39 is 6.10 Å². The van der Waals surface area contributed by atoms with Crippen LogP contribution in [0.5, 0.6) is 0 Å². The third-order valence-electron chi connectivity index (χ3n) is 4.38. The van der Waals surface area contributed by atoms with Crippen LogP contribution >= 0.6 is 0 Å². The van der Waals surface area contributed by atoms with Crippen molar-refractivity contribution in [1.82, 2.24) is 0 Å². The molecule has 20 heavy (non-hydrogen) atoms. The molecule has 0 aliphatic heterocycles. The molecule has 0 bridgehead atoms. The van der Waals surface area contributed by atoms with Crippen LogP contribution < -0.4 is 0 Å². The Balaban J connectivity index is 1.80. The minimum Gasteiger partial charge on any atom is -0.388 e. The van der Waals surface area contributed by atoms with Crippen molar-refractivity contribution in [3.63, 3.8) is 0 Å². The van der Waals surface area contributed by atoms with Gasteiger partial charge >= 0.3 is 0 Å². The maximum absolute atomic E-state index is 10.5. The van der Waals surface area contributed by atoms with Crippen LogP contribution in [0.25, 0.3) is 0 Å². The van der Waals surface area contributed by atoms with E-state index in [4.69, 9.17) is 0 Å². The first-order valence-electron chi connectivity index (χ1n) is 7.49. The lowest BCUT2D eigenvalue weighted by Gasteiger charge is -2.15. The number of fused-ring (bicyclic) bond motifs is 1. The minimum atomic E-state index is -0.407. The molecular weight excluding hydrogens is 244 g/mol. The predicted molar refractivity (Wildman–Crippen MR) is 83.0 cm³/mol. The van der Waals surface area contributed by atoms with Gasteiger partial charge in [0.2, 0.25) is 0 Å². The van der Waals surface area contributed by atoms with E-state index in [1.165, 1.54) is 47.1 Å².